The number of thiophene rings is 1. The molecule has 0 saturated carbocycles. The molecule has 1 heterocycles. The Kier molecular flexibility index (Phi) is 2.85. The Morgan fingerprint density at radius 2 is 1.75 bits per heavy atom. The molecule has 0 bridgehead atoms. The van der Waals surface area contributed by atoms with Crippen molar-refractivity contribution in [2.45, 2.75) is 19.3 Å². The molecular formula is C15H14S. The van der Waals surface area contributed by atoms with Crippen molar-refractivity contribution in [3.05, 3.63) is 47.3 Å². The molecule has 0 unspecified atom stereocenters. The first kappa shape index (κ1) is 11.0. The minimum Gasteiger partial charge on any atom is -0.139 e. The lowest BCUT2D eigenvalue weighted by Gasteiger charge is -2.14. The second kappa shape index (κ2) is 4.15. The molecule has 16 heavy (non-hydrogen) atoms. The zero-order chi connectivity index (χ0) is 11.6. The summed E-state index contributed by atoms with van der Waals surface area (Å²) in [6, 6.07) is 14.7. The van der Waals surface area contributed by atoms with Crippen molar-refractivity contribution in [3.8, 4) is 22.8 Å². The Morgan fingerprint density at radius 1 is 1.06 bits per heavy atom. The third-order valence-corrected chi connectivity index (χ3v) is 4.10. The van der Waals surface area contributed by atoms with Gasteiger partial charge >= 0.3 is 0 Å². The van der Waals surface area contributed by atoms with Crippen LogP contribution in [0.2, 0.25) is 0 Å². The van der Waals surface area contributed by atoms with Crippen molar-refractivity contribution in [2.75, 3.05) is 0 Å². The van der Waals surface area contributed by atoms with Crippen molar-refractivity contribution >= 4 is 11.3 Å². The van der Waals surface area contributed by atoms with Crippen molar-refractivity contribution < 1.29 is 0 Å². The third kappa shape index (κ3) is 2.03. The van der Waals surface area contributed by atoms with E-state index in [0.717, 1.165) is 0 Å². The average molecular weight is 226 g/mol. The van der Waals surface area contributed by atoms with Gasteiger partial charge in [0.2, 0.25) is 0 Å². The zero-order valence-electron chi connectivity index (χ0n) is 9.53. The first-order valence-electron chi connectivity index (χ1n) is 5.27. The summed E-state index contributed by atoms with van der Waals surface area (Å²) in [5.74, 6) is 2.83. The molecule has 0 aliphatic carbocycles. The molecule has 0 aliphatic rings. The van der Waals surface area contributed by atoms with Crippen LogP contribution in [-0.2, 0) is 5.41 Å². The lowest BCUT2D eigenvalue weighted by atomic mass is 9.93. The van der Waals surface area contributed by atoms with Crippen LogP contribution in [0.15, 0.2) is 42.5 Å². The van der Waals surface area contributed by atoms with Gasteiger partial charge in [-0.15, -0.1) is 17.8 Å². The molecule has 1 heteroatoms. The van der Waals surface area contributed by atoms with Crippen molar-refractivity contribution in [2.24, 2.45) is 0 Å². The van der Waals surface area contributed by atoms with E-state index in [1.54, 1.807) is 11.3 Å². The largest absolute Gasteiger partial charge is 0.139 e. The van der Waals surface area contributed by atoms with E-state index in [2.05, 4.69) is 56.2 Å². The van der Waals surface area contributed by atoms with Crippen LogP contribution in [0.4, 0.5) is 0 Å². The normalized spacial score (nSPS) is 11.1. The van der Waals surface area contributed by atoms with Crippen molar-refractivity contribution in [3.63, 3.8) is 0 Å². The van der Waals surface area contributed by atoms with Crippen LogP contribution in [-0.4, -0.2) is 0 Å². The Labute approximate surface area is 101 Å². The van der Waals surface area contributed by atoms with Gasteiger partial charge in [0.15, 0.2) is 0 Å². The highest BCUT2D eigenvalue weighted by atomic mass is 32.1. The summed E-state index contributed by atoms with van der Waals surface area (Å²) in [6.07, 6.45) is 5.54. The molecule has 80 valence electrons. The van der Waals surface area contributed by atoms with Crippen LogP contribution >= 0.6 is 11.3 Å². The molecule has 0 fully saturated rings. The molecule has 0 nitrogen and oxygen atoms in total. The molecule has 0 atom stereocenters. The highest BCUT2D eigenvalue weighted by Crippen LogP contribution is 2.34. The van der Waals surface area contributed by atoms with Gasteiger partial charge in [-0.2, -0.15) is 0 Å². The minimum absolute atomic E-state index is 0.169. The highest BCUT2D eigenvalue weighted by Gasteiger charge is 2.19. The smallest absolute Gasteiger partial charge is 0.0597 e. The van der Waals surface area contributed by atoms with Gasteiger partial charge in [-0.3, -0.25) is 0 Å². The molecule has 2 rings (SSSR count). The Morgan fingerprint density at radius 3 is 2.38 bits per heavy atom. The van der Waals surface area contributed by atoms with E-state index in [9.17, 15) is 0 Å². The van der Waals surface area contributed by atoms with E-state index >= 15 is 0 Å². The fourth-order valence-electron chi connectivity index (χ4n) is 1.50. The van der Waals surface area contributed by atoms with E-state index in [4.69, 9.17) is 6.42 Å². The average Bonchev–Trinajstić information content (AvgIpc) is 2.80. The van der Waals surface area contributed by atoms with Gasteiger partial charge < -0.3 is 0 Å². The van der Waals surface area contributed by atoms with Crippen LogP contribution < -0.4 is 0 Å². The molecule has 0 N–H and O–H groups in total. The maximum Gasteiger partial charge on any atom is 0.0597 e. The standard InChI is InChI=1S/C15H14S/c1-4-15(2,3)14-11-10-13(16-14)12-8-6-5-7-9-12/h1,5-11H,2-3H3. The summed E-state index contributed by atoms with van der Waals surface area (Å²) in [5, 5.41) is 0. The molecule has 0 spiro atoms. The van der Waals surface area contributed by atoms with E-state index in [0.29, 0.717) is 0 Å². The van der Waals surface area contributed by atoms with Gasteiger partial charge in [0.1, 0.15) is 0 Å². The lowest BCUT2D eigenvalue weighted by molar-refractivity contribution is 0.716. The quantitative estimate of drug-likeness (QED) is 0.669. The Hall–Kier alpha value is -1.52. The molecule has 0 amide bonds. The zero-order valence-corrected chi connectivity index (χ0v) is 10.3. The monoisotopic (exact) mass is 226 g/mol. The number of benzene rings is 1. The maximum atomic E-state index is 5.54. The highest BCUT2D eigenvalue weighted by molar-refractivity contribution is 7.15. The van der Waals surface area contributed by atoms with Gasteiger partial charge in [-0.25, -0.2) is 0 Å². The summed E-state index contributed by atoms with van der Waals surface area (Å²) >= 11 is 1.77. The maximum absolute atomic E-state index is 5.54. The van der Waals surface area contributed by atoms with Gasteiger partial charge in [-0.05, 0) is 31.5 Å². The minimum atomic E-state index is -0.169. The van der Waals surface area contributed by atoms with Gasteiger partial charge in [0, 0.05) is 9.75 Å². The van der Waals surface area contributed by atoms with Crippen molar-refractivity contribution in [1.29, 1.82) is 0 Å². The molecule has 0 aliphatic heterocycles. The van der Waals surface area contributed by atoms with E-state index < -0.39 is 0 Å². The Bertz CT molecular complexity index is 512. The number of hydrogen-bond donors (Lipinski definition) is 0. The second-order valence-corrected chi connectivity index (χ2v) is 5.38. The molecule has 0 radical (unpaired) electrons. The first-order chi connectivity index (χ1) is 7.63. The summed E-state index contributed by atoms with van der Waals surface area (Å²) in [4.78, 5) is 2.52. The molecule has 2 aromatic rings. The van der Waals surface area contributed by atoms with Crippen LogP contribution in [0.1, 0.15) is 18.7 Å². The summed E-state index contributed by atoms with van der Waals surface area (Å²) in [6.45, 7) is 4.15. The lowest BCUT2D eigenvalue weighted by Crippen LogP contribution is -2.10. The fourth-order valence-corrected chi connectivity index (χ4v) is 2.58. The third-order valence-electron chi connectivity index (χ3n) is 2.64. The molecular weight excluding hydrogens is 212 g/mol. The summed E-state index contributed by atoms with van der Waals surface area (Å²) in [5.41, 5.74) is 1.09. The number of terminal acetylenes is 1. The summed E-state index contributed by atoms with van der Waals surface area (Å²) < 4.78 is 0. The van der Waals surface area contributed by atoms with Gasteiger partial charge in [0.25, 0.3) is 0 Å². The van der Waals surface area contributed by atoms with Gasteiger partial charge in [-0.1, -0.05) is 36.3 Å². The molecule has 0 saturated heterocycles. The van der Waals surface area contributed by atoms with Crippen molar-refractivity contribution in [1.82, 2.24) is 0 Å². The van der Waals surface area contributed by atoms with E-state index in [-0.39, 0.29) is 5.41 Å². The summed E-state index contributed by atoms with van der Waals surface area (Å²) in [7, 11) is 0. The number of rotatable bonds is 2. The molecule has 1 aromatic carbocycles. The predicted octanol–water partition coefficient (Wildman–Crippen LogP) is 4.33. The van der Waals surface area contributed by atoms with Crippen LogP contribution in [0.25, 0.3) is 10.4 Å². The Balaban J connectivity index is 2.39. The topological polar surface area (TPSA) is 0 Å². The second-order valence-electron chi connectivity index (χ2n) is 4.30. The molecule has 1 aromatic heterocycles. The number of hydrogen-bond acceptors (Lipinski definition) is 1. The van der Waals surface area contributed by atoms with Crippen LogP contribution in [0, 0.1) is 12.3 Å². The van der Waals surface area contributed by atoms with E-state index in [1.165, 1.54) is 15.3 Å². The van der Waals surface area contributed by atoms with Crippen LogP contribution in [0.3, 0.4) is 0 Å². The van der Waals surface area contributed by atoms with Gasteiger partial charge in [0.05, 0.1) is 5.41 Å². The fraction of sp³-hybridized carbons (Fsp3) is 0.200. The van der Waals surface area contributed by atoms with E-state index in [1.807, 2.05) is 6.07 Å². The first-order valence-corrected chi connectivity index (χ1v) is 6.08. The predicted molar refractivity (Wildman–Crippen MR) is 71.6 cm³/mol. The SMILES string of the molecule is C#CC(C)(C)c1ccc(-c2ccccc2)s1. The van der Waals surface area contributed by atoms with Crippen LogP contribution in [0.5, 0.6) is 0 Å².